The molecule has 0 saturated carbocycles. The molecule has 0 aliphatic carbocycles. The third-order valence-corrected chi connectivity index (χ3v) is 9.63. The molecule has 4 aromatic rings. The summed E-state index contributed by atoms with van der Waals surface area (Å²) in [6.07, 6.45) is 1.79. The molecule has 3 aliphatic heterocycles. The van der Waals surface area contributed by atoms with Crippen molar-refractivity contribution < 1.29 is 9.13 Å². The Kier molecular flexibility index (Phi) is 5.18. The van der Waals surface area contributed by atoms with Gasteiger partial charge in [-0.15, -0.1) is 0 Å². The molecule has 3 aliphatic rings. The summed E-state index contributed by atoms with van der Waals surface area (Å²) >= 11 is 1.98. The zero-order chi connectivity index (χ0) is 24.3. The molecule has 1 spiro atoms. The maximum Gasteiger partial charge on any atom is 0.125 e. The molecule has 2 atom stereocenters. The molecular formula is C29H27FN4OS. The number of hydrogen-bond donors (Lipinski definition) is 1. The first-order valence-electron chi connectivity index (χ1n) is 12.5. The van der Waals surface area contributed by atoms with Crippen LogP contribution in [0.4, 0.5) is 15.8 Å². The molecule has 2 fully saturated rings. The third kappa shape index (κ3) is 3.33. The van der Waals surface area contributed by atoms with E-state index >= 15 is 0 Å². The second kappa shape index (κ2) is 8.46. The molecule has 2 saturated heterocycles. The largest absolute Gasteiger partial charge is 0.384 e. The number of pyridine rings is 2. The average Bonchev–Trinajstić information content (AvgIpc) is 3.31. The smallest absolute Gasteiger partial charge is 0.125 e. The van der Waals surface area contributed by atoms with E-state index < -0.39 is 0 Å². The van der Waals surface area contributed by atoms with Gasteiger partial charge in [0.2, 0.25) is 0 Å². The van der Waals surface area contributed by atoms with Crippen LogP contribution >= 0.6 is 11.8 Å². The molecular weight excluding hydrogens is 471 g/mol. The van der Waals surface area contributed by atoms with E-state index in [1.807, 2.05) is 36.0 Å². The van der Waals surface area contributed by atoms with Crippen LogP contribution in [0.1, 0.15) is 21.9 Å². The quantitative estimate of drug-likeness (QED) is 0.389. The summed E-state index contributed by atoms with van der Waals surface area (Å²) in [4.78, 5) is 11.9. The predicted octanol–water partition coefficient (Wildman–Crippen LogP) is 5.73. The highest BCUT2D eigenvalue weighted by Crippen LogP contribution is 2.63. The van der Waals surface area contributed by atoms with Crippen molar-refractivity contribution in [2.24, 2.45) is 0 Å². The van der Waals surface area contributed by atoms with Crippen LogP contribution in [-0.2, 0) is 10.2 Å². The molecule has 2 unspecified atom stereocenters. The van der Waals surface area contributed by atoms with Crippen molar-refractivity contribution in [3.63, 3.8) is 0 Å². The highest BCUT2D eigenvalue weighted by Gasteiger charge is 2.54. The van der Waals surface area contributed by atoms with Crippen molar-refractivity contribution in [1.29, 1.82) is 0 Å². The van der Waals surface area contributed by atoms with Gasteiger partial charge in [-0.2, -0.15) is 11.8 Å². The summed E-state index contributed by atoms with van der Waals surface area (Å²) in [7, 11) is 0. The standard InChI is InChI=1S/C29H27FN4OS/c1-18-26(21-7-5-19(30)14-24(21)33-27(18)23-4-2-3-9-31-23)28-29(17-36-28)16-32-25-15-20(6-8-22(25)29)34-10-12-35-13-11-34/h2-9,14-15,28,32H,10-13,16-17H2,1H3. The Bertz CT molecular complexity index is 1470. The van der Waals surface area contributed by atoms with E-state index in [4.69, 9.17) is 9.72 Å². The lowest BCUT2D eigenvalue weighted by atomic mass is 9.75. The summed E-state index contributed by atoms with van der Waals surface area (Å²) in [5, 5.41) is 5.02. The number of nitrogens with zero attached hydrogens (tertiary/aromatic N) is 3. The Morgan fingerprint density at radius 2 is 2.00 bits per heavy atom. The van der Waals surface area contributed by atoms with Crippen LogP contribution in [0.2, 0.25) is 0 Å². The predicted molar refractivity (Wildman–Crippen MR) is 145 cm³/mol. The van der Waals surface area contributed by atoms with Gasteiger partial charge in [0.25, 0.3) is 0 Å². The molecule has 7 rings (SSSR count). The first-order valence-corrected chi connectivity index (χ1v) is 13.5. The minimum absolute atomic E-state index is 0.00163. The Morgan fingerprint density at radius 1 is 1.11 bits per heavy atom. The summed E-state index contributed by atoms with van der Waals surface area (Å²) in [5.74, 6) is 0.786. The summed E-state index contributed by atoms with van der Waals surface area (Å²) < 4.78 is 19.8. The van der Waals surface area contributed by atoms with E-state index in [2.05, 4.69) is 40.3 Å². The second-order valence-corrected chi connectivity index (χ2v) is 11.0. The number of anilines is 2. The van der Waals surface area contributed by atoms with E-state index in [0.29, 0.717) is 5.52 Å². The zero-order valence-electron chi connectivity index (χ0n) is 20.1. The number of ether oxygens (including phenoxy) is 1. The lowest BCUT2D eigenvalue weighted by Gasteiger charge is -2.48. The Hall–Kier alpha value is -3.16. The normalized spacial score (nSPS) is 22.9. The number of nitrogens with one attached hydrogen (secondary N) is 1. The molecule has 0 amide bonds. The first kappa shape index (κ1) is 22.1. The van der Waals surface area contributed by atoms with Crippen LogP contribution in [0.15, 0.2) is 60.8 Å². The van der Waals surface area contributed by atoms with Gasteiger partial charge in [0.05, 0.1) is 30.1 Å². The third-order valence-electron chi connectivity index (χ3n) is 7.93. The van der Waals surface area contributed by atoms with E-state index in [1.54, 1.807) is 18.3 Å². The van der Waals surface area contributed by atoms with Crippen molar-refractivity contribution in [2.45, 2.75) is 17.6 Å². The molecule has 7 heteroatoms. The fourth-order valence-electron chi connectivity index (χ4n) is 6.02. The minimum atomic E-state index is -0.267. The van der Waals surface area contributed by atoms with E-state index in [9.17, 15) is 4.39 Å². The molecule has 0 radical (unpaired) electrons. The fraction of sp³-hybridized carbons (Fsp3) is 0.310. The molecule has 1 N–H and O–H groups in total. The fourth-order valence-corrected chi connectivity index (χ4v) is 7.69. The van der Waals surface area contributed by atoms with Crippen molar-refractivity contribution in [3.8, 4) is 11.4 Å². The summed E-state index contributed by atoms with van der Waals surface area (Å²) in [6, 6.07) is 17.8. The van der Waals surface area contributed by atoms with Gasteiger partial charge in [0.15, 0.2) is 0 Å². The number of rotatable bonds is 3. The van der Waals surface area contributed by atoms with Crippen LogP contribution in [0.3, 0.4) is 0 Å². The van der Waals surface area contributed by atoms with Crippen LogP contribution in [0.5, 0.6) is 0 Å². The van der Waals surface area contributed by atoms with Gasteiger partial charge in [0, 0.05) is 65.1 Å². The van der Waals surface area contributed by atoms with Gasteiger partial charge in [-0.3, -0.25) is 4.98 Å². The SMILES string of the molecule is Cc1c(-c2ccccn2)nc2cc(F)ccc2c1C1SCC12CNc1cc(N3CCOCC3)ccc12. The number of halogens is 1. The summed E-state index contributed by atoms with van der Waals surface area (Å²) in [5.41, 5.74) is 8.59. The molecule has 0 bridgehead atoms. The van der Waals surface area contributed by atoms with Crippen molar-refractivity contribution in [2.75, 3.05) is 48.8 Å². The number of thioether (sulfide) groups is 1. The summed E-state index contributed by atoms with van der Waals surface area (Å²) in [6.45, 7) is 6.46. The van der Waals surface area contributed by atoms with Gasteiger partial charge < -0.3 is 15.0 Å². The highest BCUT2D eigenvalue weighted by molar-refractivity contribution is 8.01. The van der Waals surface area contributed by atoms with Gasteiger partial charge in [-0.1, -0.05) is 12.1 Å². The number of fused-ring (bicyclic) bond motifs is 3. The van der Waals surface area contributed by atoms with Gasteiger partial charge in [-0.05, 0) is 60.0 Å². The monoisotopic (exact) mass is 498 g/mol. The number of aromatic nitrogens is 2. The van der Waals surface area contributed by atoms with Crippen LogP contribution in [-0.4, -0.2) is 48.6 Å². The number of morpholine rings is 1. The molecule has 182 valence electrons. The minimum Gasteiger partial charge on any atom is -0.384 e. The van der Waals surface area contributed by atoms with Crippen LogP contribution < -0.4 is 10.2 Å². The number of benzene rings is 2. The van der Waals surface area contributed by atoms with Crippen LogP contribution in [0.25, 0.3) is 22.3 Å². The Morgan fingerprint density at radius 3 is 2.78 bits per heavy atom. The average molecular weight is 499 g/mol. The topological polar surface area (TPSA) is 50.3 Å². The van der Waals surface area contributed by atoms with Crippen molar-refractivity contribution in [3.05, 3.63) is 83.3 Å². The molecule has 2 aromatic heterocycles. The maximum atomic E-state index is 14.3. The lowest BCUT2D eigenvalue weighted by molar-refractivity contribution is 0.122. The van der Waals surface area contributed by atoms with Crippen molar-refractivity contribution >= 4 is 34.0 Å². The highest BCUT2D eigenvalue weighted by atomic mass is 32.2. The molecule has 5 nitrogen and oxygen atoms in total. The zero-order valence-corrected chi connectivity index (χ0v) is 20.9. The van der Waals surface area contributed by atoms with Gasteiger partial charge in [0.1, 0.15) is 5.82 Å². The molecule has 5 heterocycles. The maximum absolute atomic E-state index is 14.3. The van der Waals surface area contributed by atoms with E-state index in [-0.39, 0.29) is 16.5 Å². The molecule has 36 heavy (non-hydrogen) atoms. The van der Waals surface area contributed by atoms with Crippen LogP contribution in [0, 0.1) is 12.7 Å². The van der Waals surface area contributed by atoms with E-state index in [1.165, 1.54) is 22.5 Å². The Labute approximate surface area is 214 Å². The lowest BCUT2D eigenvalue weighted by Crippen LogP contribution is -2.45. The first-order chi connectivity index (χ1) is 17.6. The van der Waals surface area contributed by atoms with E-state index in [0.717, 1.165) is 60.9 Å². The Balaban J connectivity index is 1.35. The second-order valence-electron chi connectivity index (χ2n) is 9.91. The molecule has 2 aromatic carbocycles. The van der Waals surface area contributed by atoms with Gasteiger partial charge >= 0.3 is 0 Å². The van der Waals surface area contributed by atoms with Gasteiger partial charge in [-0.25, -0.2) is 9.37 Å². The number of hydrogen-bond acceptors (Lipinski definition) is 6. The van der Waals surface area contributed by atoms with Crippen molar-refractivity contribution in [1.82, 2.24) is 9.97 Å².